The summed E-state index contributed by atoms with van der Waals surface area (Å²) in [5.41, 5.74) is 1.92. The molecule has 0 saturated heterocycles. The Labute approximate surface area is 207 Å². The van der Waals surface area contributed by atoms with E-state index >= 15 is 0 Å². The first-order chi connectivity index (χ1) is 15.3. The number of hydrogen-bond acceptors (Lipinski definition) is 4. The number of halogens is 1. The van der Waals surface area contributed by atoms with Crippen molar-refractivity contribution in [2.45, 2.75) is 84.6 Å². The molecule has 0 radical (unpaired) electrons. The second kappa shape index (κ2) is 17.8. The van der Waals surface area contributed by atoms with Gasteiger partial charge in [-0.25, -0.2) is 0 Å². The molecule has 190 valence electrons. The van der Waals surface area contributed by atoms with Crippen LogP contribution in [0.5, 0.6) is 5.75 Å². The predicted molar refractivity (Wildman–Crippen MR) is 132 cm³/mol. The largest absolute Gasteiger partial charge is 1.00 e. The van der Waals surface area contributed by atoms with Gasteiger partial charge >= 0.3 is 0 Å². The van der Waals surface area contributed by atoms with Crippen molar-refractivity contribution in [2.24, 2.45) is 0 Å². The predicted octanol–water partition coefficient (Wildman–Crippen LogP) is 3.20. The number of nitrogens with zero attached hydrogens (tertiary/aromatic N) is 2. The van der Waals surface area contributed by atoms with Crippen molar-refractivity contribution in [2.75, 3.05) is 33.9 Å². The first kappa shape index (κ1) is 31.4. The molecule has 1 atom stereocenters. The van der Waals surface area contributed by atoms with Crippen molar-refractivity contribution >= 4 is 6.08 Å². The Morgan fingerprint density at radius 3 is 2.15 bits per heavy atom. The zero-order valence-corrected chi connectivity index (χ0v) is 21.9. The molecule has 0 heterocycles. The molecule has 6 nitrogen and oxygen atoms in total. The van der Waals surface area contributed by atoms with E-state index in [1.165, 1.54) is 64.7 Å². The number of likely N-dealkylation sites (N-methyl/N-ethyl adjacent to an activating group) is 1. The molecule has 33 heavy (non-hydrogen) atoms. The van der Waals surface area contributed by atoms with E-state index in [-0.39, 0.29) is 29.6 Å². The number of aliphatic hydroxyl groups excluding tert-OH is 1. The summed E-state index contributed by atoms with van der Waals surface area (Å²) in [6.45, 7) is 6.28. The number of ether oxygens (including phenoxy) is 1. The van der Waals surface area contributed by atoms with Gasteiger partial charge in [-0.05, 0) is 30.5 Å². The molecule has 1 rings (SSSR count). The molecule has 0 aliphatic rings. The van der Waals surface area contributed by atoms with E-state index in [1.54, 1.807) is 13.2 Å². The number of methoxy groups -OCH3 is 1. The molecule has 0 aromatic heterocycles. The van der Waals surface area contributed by atoms with Crippen LogP contribution in [0, 0.1) is 10.1 Å². The minimum Gasteiger partial charge on any atom is -1.00 e. The fourth-order valence-electron chi connectivity index (χ4n) is 4.21. The Kier molecular flexibility index (Phi) is 16.9. The molecule has 1 N–H and O–H groups in total. The van der Waals surface area contributed by atoms with Gasteiger partial charge in [0.15, 0.2) is 0 Å². The van der Waals surface area contributed by atoms with Crippen LogP contribution in [0.2, 0.25) is 0 Å². The van der Waals surface area contributed by atoms with Crippen LogP contribution in [0.25, 0.3) is 6.08 Å². The summed E-state index contributed by atoms with van der Waals surface area (Å²) in [7, 11) is 3.82. The first-order valence-electron chi connectivity index (χ1n) is 12.3. The van der Waals surface area contributed by atoms with Crippen molar-refractivity contribution in [3.05, 3.63) is 45.1 Å². The second-order valence-corrected chi connectivity index (χ2v) is 9.24. The van der Waals surface area contributed by atoms with E-state index in [9.17, 15) is 15.2 Å². The molecular weight excluding hydrogens is 440 g/mol. The van der Waals surface area contributed by atoms with Gasteiger partial charge in [0.25, 0.3) is 0 Å². The molecule has 0 aliphatic heterocycles. The van der Waals surface area contributed by atoms with Crippen LogP contribution in [0.3, 0.4) is 0 Å². The monoisotopic (exact) mass is 484 g/mol. The summed E-state index contributed by atoms with van der Waals surface area (Å²) in [6, 6.07) is 5.68. The van der Waals surface area contributed by atoms with Crippen molar-refractivity contribution in [3.63, 3.8) is 0 Å². The Bertz CT molecular complexity index is 712. The number of quaternary nitrogens is 1. The van der Waals surface area contributed by atoms with Gasteiger partial charge in [-0.1, -0.05) is 64.4 Å². The summed E-state index contributed by atoms with van der Waals surface area (Å²) in [5.74, 6) is 0.784. The van der Waals surface area contributed by atoms with Crippen molar-refractivity contribution in [1.82, 2.24) is 0 Å². The molecule has 0 fully saturated rings. The maximum absolute atomic E-state index is 11.0. The lowest BCUT2D eigenvalue weighted by atomic mass is 10.0. The van der Waals surface area contributed by atoms with E-state index in [0.717, 1.165) is 40.9 Å². The molecule has 0 amide bonds. The molecule has 0 aliphatic carbocycles. The van der Waals surface area contributed by atoms with E-state index in [1.807, 2.05) is 18.2 Å². The van der Waals surface area contributed by atoms with E-state index in [2.05, 4.69) is 14.0 Å². The third-order valence-corrected chi connectivity index (χ3v) is 6.21. The van der Waals surface area contributed by atoms with Crippen molar-refractivity contribution < 1.29 is 31.7 Å². The lowest BCUT2D eigenvalue weighted by molar-refractivity contribution is -0.923. The standard InChI is InChI=1S/C26H45N2O4.ClH/c1-5-6-7-8-9-10-11-12-13-14-17-28(3,18-19-29)22-25-21-24(15-16-26(25)32-4)20-23(2)27(30)31;/h15-16,20-21,29H,5-14,17-19,22H2,1-4H3;1H/q+1;/p-1/b23-20+;. The summed E-state index contributed by atoms with van der Waals surface area (Å²) in [6.07, 6.45) is 14.6. The SMILES string of the molecule is CCCCCCCCCCCC[N+](C)(CCO)Cc1cc(/C=C(\C)[N+](=O)[O-])ccc1OC.[Cl-]. The van der Waals surface area contributed by atoms with Gasteiger partial charge in [0.1, 0.15) is 18.8 Å². The van der Waals surface area contributed by atoms with Crippen LogP contribution in [-0.2, 0) is 6.54 Å². The number of hydrogen-bond donors (Lipinski definition) is 1. The first-order valence-corrected chi connectivity index (χ1v) is 12.3. The van der Waals surface area contributed by atoms with Crippen molar-refractivity contribution in [3.8, 4) is 5.75 Å². The lowest BCUT2D eigenvalue weighted by Gasteiger charge is -2.34. The third-order valence-electron chi connectivity index (χ3n) is 6.21. The Hall–Kier alpha value is -1.63. The minimum atomic E-state index is -0.374. The maximum atomic E-state index is 11.0. The number of benzene rings is 1. The smallest absolute Gasteiger partial charge is 0.243 e. The molecule has 7 heteroatoms. The highest BCUT2D eigenvalue weighted by atomic mass is 35.5. The van der Waals surface area contributed by atoms with Crippen LogP contribution in [-0.4, -0.2) is 48.4 Å². The summed E-state index contributed by atoms with van der Waals surface area (Å²) in [4.78, 5) is 10.6. The number of allylic oxidation sites excluding steroid dienone is 1. The molecular formula is C26H45ClN2O4. The quantitative estimate of drug-likeness (QED) is 0.150. The normalized spacial score (nSPS) is 13.3. The number of nitro groups is 1. The lowest BCUT2D eigenvalue weighted by Crippen LogP contribution is -3.00. The number of unbranched alkanes of at least 4 members (excludes halogenated alkanes) is 9. The highest BCUT2D eigenvalue weighted by Crippen LogP contribution is 2.26. The average molecular weight is 485 g/mol. The van der Waals surface area contributed by atoms with Crippen molar-refractivity contribution in [1.29, 1.82) is 0 Å². The minimum absolute atomic E-state index is 0. The number of rotatable bonds is 18. The van der Waals surface area contributed by atoms with Crippen LogP contribution < -0.4 is 17.1 Å². The van der Waals surface area contributed by atoms with Gasteiger partial charge in [-0.2, -0.15) is 0 Å². The van der Waals surface area contributed by atoms with E-state index < -0.39 is 0 Å². The topological polar surface area (TPSA) is 72.6 Å². The molecule has 0 bridgehead atoms. The highest BCUT2D eigenvalue weighted by molar-refractivity contribution is 5.54. The van der Waals surface area contributed by atoms with Gasteiger partial charge in [-0.15, -0.1) is 0 Å². The zero-order chi connectivity index (χ0) is 23.8. The summed E-state index contributed by atoms with van der Waals surface area (Å²) in [5, 5.41) is 20.6. The Morgan fingerprint density at radius 1 is 1.06 bits per heavy atom. The Morgan fingerprint density at radius 2 is 1.64 bits per heavy atom. The molecule has 1 unspecified atom stereocenters. The Balaban J connectivity index is 0.0000102. The van der Waals surface area contributed by atoms with Crippen LogP contribution in [0.1, 0.15) is 89.2 Å². The third kappa shape index (κ3) is 13.0. The van der Waals surface area contributed by atoms with E-state index in [4.69, 9.17) is 4.74 Å². The maximum Gasteiger partial charge on any atom is 0.243 e. The van der Waals surface area contributed by atoms with Gasteiger partial charge in [0.2, 0.25) is 5.70 Å². The van der Waals surface area contributed by atoms with Gasteiger partial charge in [0.05, 0.1) is 32.2 Å². The fraction of sp³-hybridized carbons (Fsp3) is 0.692. The molecule has 1 aromatic carbocycles. The van der Waals surface area contributed by atoms with Gasteiger partial charge in [0, 0.05) is 18.6 Å². The molecule has 0 saturated carbocycles. The van der Waals surface area contributed by atoms with Crippen LogP contribution in [0.15, 0.2) is 23.9 Å². The van der Waals surface area contributed by atoms with Crippen LogP contribution in [0.4, 0.5) is 0 Å². The van der Waals surface area contributed by atoms with Gasteiger partial charge < -0.3 is 26.7 Å². The fourth-order valence-corrected chi connectivity index (χ4v) is 4.21. The molecule has 0 spiro atoms. The van der Waals surface area contributed by atoms with Gasteiger partial charge in [-0.3, -0.25) is 10.1 Å². The highest BCUT2D eigenvalue weighted by Gasteiger charge is 2.23. The summed E-state index contributed by atoms with van der Waals surface area (Å²) >= 11 is 0. The zero-order valence-electron chi connectivity index (χ0n) is 21.2. The second-order valence-electron chi connectivity index (χ2n) is 9.24. The molecule has 1 aromatic rings. The summed E-state index contributed by atoms with van der Waals surface area (Å²) < 4.78 is 6.28. The average Bonchev–Trinajstić information content (AvgIpc) is 2.75. The number of aliphatic hydroxyl groups is 1. The van der Waals surface area contributed by atoms with Crippen LogP contribution >= 0.6 is 0 Å². The van der Waals surface area contributed by atoms with E-state index in [0.29, 0.717) is 6.54 Å².